The first-order valence-electron chi connectivity index (χ1n) is 8.33. The van der Waals surface area contributed by atoms with E-state index in [1.54, 1.807) is 6.20 Å². The van der Waals surface area contributed by atoms with Crippen LogP contribution in [0, 0.1) is 12.3 Å². The lowest BCUT2D eigenvalue weighted by Crippen LogP contribution is -2.37. The zero-order valence-corrected chi connectivity index (χ0v) is 15.3. The van der Waals surface area contributed by atoms with Crippen molar-refractivity contribution in [3.8, 4) is 10.7 Å². The van der Waals surface area contributed by atoms with E-state index in [4.69, 9.17) is 0 Å². The molecule has 0 aliphatic carbocycles. The van der Waals surface area contributed by atoms with Gasteiger partial charge in [-0.3, -0.25) is 9.78 Å². The maximum atomic E-state index is 12.6. The van der Waals surface area contributed by atoms with Crippen molar-refractivity contribution < 1.29 is 9.90 Å². The van der Waals surface area contributed by atoms with Gasteiger partial charge in [-0.1, -0.05) is 19.9 Å². The fourth-order valence-corrected chi connectivity index (χ4v) is 3.69. The zero-order valence-electron chi connectivity index (χ0n) is 14.5. The molecular weight excluding hydrogens is 322 g/mol. The Kier molecular flexibility index (Phi) is 6.45. The molecular formula is C18H25N3O2S. The van der Waals surface area contributed by atoms with Gasteiger partial charge in [0.15, 0.2) is 0 Å². The summed E-state index contributed by atoms with van der Waals surface area (Å²) in [5.74, 6) is -0.101. The lowest BCUT2D eigenvalue weighted by Gasteiger charge is -2.31. The van der Waals surface area contributed by atoms with Crippen molar-refractivity contribution in [3.05, 3.63) is 35.0 Å². The second kappa shape index (κ2) is 8.35. The van der Waals surface area contributed by atoms with Gasteiger partial charge in [0, 0.05) is 19.3 Å². The van der Waals surface area contributed by atoms with Crippen LogP contribution >= 0.6 is 11.3 Å². The molecule has 0 atom stereocenters. The molecule has 130 valence electrons. The number of aryl methyl sites for hydroxylation is 1. The van der Waals surface area contributed by atoms with Gasteiger partial charge in [0.25, 0.3) is 5.91 Å². The minimum atomic E-state index is -0.101. The van der Waals surface area contributed by atoms with Gasteiger partial charge in [-0.05, 0) is 43.7 Å². The third kappa shape index (κ3) is 4.19. The molecule has 0 saturated carbocycles. The topological polar surface area (TPSA) is 75.1 Å². The Morgan fingerprint density at radius 2 is 2.08 bits per heavy atom. The van der Waals surface area contributed by atoms with Gasteiger partial charge >= 0.3 is 0 Å². The molecule has 2 aromatic rings. The fourth-order valence-electron chi connectivity index (χ4n) is 2.73. The van der Waals surface area contributed by atoms with Crippen LogP contribution in [-0.2, 0) is 0 Å². The van der Waals surface area contributed by atoms with Crippen LogP contribution in [0.25, 0.3) is 10.7 Å². The molecule has 0 spiro atoms. The first-order chi connectivity index (χ1) is 11.5. The molecule has 0 bridgehead atoms. The Bertz CT molecular complexity index is 666. The van der Waals surface area contributed by atoms with E-state index in [9.17, 15) is 9.90 Å². The number of hydrogen-bond donors (Lipinski definition) is 2. The summed E-state index contributed by atoms with van der Waals surface area (Å²) >= 11 is 1.36. The van der Waals surface area contributed by atoms with Crippen LogP contribution in [0.15, 0.2) is 24.4 Å². The van der Waals surface area contributed by atoms with Gasteiger partial charge in [-0.25, -0.2) is 4.98 Å². The first kappa shape index (κ1) is 18.5. The molecule has 1 amide bonds. The third-order valence-corrected chi connectivity index (χ3v) is 5.83. The number of aliphatic hydroxyl groups excluding tert-OH is 1. The van der Waals surface area contributed by atoms with Gasteiger partial charge < -0.3 is 10.4 Å². The molecule has 0 unspecified atom stereocenters. The summed E-state index contributed by atoms with van der Waals surface area (Å²) in [6.07, 6.45) is 4.26. The smallest absolute Gasteiger partial charge is 0.263 e. The summed E-state index contributed by atoms with van der Waals surface area (Å²) in [6.45, 7) is 6.75. The van der Waals surface area contributed by atoms with Crippen molar-refractivity contribution >= 4 is 17.2 Å². The quantitative estimate of drug-likeness (QED) is 0.767. The number of aliphatic hydroxyl groups is 1. The van der Waals surface area contributed by atoms with Crippen LogP contribution in [0.1, 0.15) is 48.5 Å². The van der Waals surface area contributed by atoms with Crippen LogP contribution in [0.3, 0.4) is 0 Å². The van der Waals surface area contributed by atoms with Gasteiger partial charge in [0.2, 0.25) is 0 Å². The summed E-state index contributed by atoms with van der Waals surface area (Å²) in [4.78, 5) is 22.0. The standard InChI is InChI=1S/C18H25N3O2S/c1-4-18(5-2,9-11-22)12-20-16(23)15-13(3)21-17(24-15)14-8-6-7-10-19-14/h6-8,10,22H,4-5,9,11-12H2,1-3H3,(H,20,23). The van der Waals surface area contributed by atoms with Crippen LogP contribution in [0.4, 0.5) is 0 Å². The van der Waals surface area contributed by atoms with Crippen molar-refractivity contribution in [3.63, 3.8) is 0 Å². The Hall–Kier alpha value is -1.79. The molecule has 0 aliphatic heterocycles. The third-order valence-electron chi connectivity index (χ3n) is 4.65. The van der Waals surface area contributed by atoms with Crippen molar-refractivity contribution in [2.75, 3.05) is 13.2 Å². The number of nitrogens with zero attached hydrogens (tertiary/aromatic N) is 2. The van der Waals surface area contributed by atoms with E-state index in [2.05, 4.69) is 29.1 Å². The fraction of sp³-hybridized carbons (Fsp3) is 0.500. The number of aromatic nitrogens is 2. The number of amides is 1. The molecule has 0 fully saturated rings. The van der Waals surface area contributed by atoms with Crippen LogP contribution in [0.5, 0.6) is 0 Å². The Morgan fingerprint density at radius 1 is 1.33 bits per heavy atom. The molecule has 0 aliphatic rings. The van der Waals surface area contributed by atoms with Gasteiger partial charge in [-0.2, -0.15) is 0 Å². The van der Waals surface area contributed by atoms with Crippen molar-refractivity contribution in [2.24, 2.45) is 5.41 Å². The average Bonchev–Trinajstić information content (AvgIpc) is 3.01. The lowest BCUT2D eigenvalue weighted by molar-refractivity contribution is 0.0910. The SMILES string of the molecule is CCC(CC)(CCO)CNC(=O)c1sc(-c2ccccn2)nc1C. The minimum Gasteiger partial charge on any atom is -0.396 e. The number of nitrogens with one attached hydrogen (secondary N) is 1. The summed E-state index contributed by atoms with van der Waals surface area (Å²) < 4.78 is 0. The Morgan fingerprint density at radius 3 is 2.67 bits per heavy atom. The van der Waals surface area contributed by atoms with E-state index >= 15 is 0 Å². The van der Waals surface area contributed by atoms with Crippen LogP contribution in [-0.4, -0.2) is 34.1 Å². The van der Waals surface area contributed by atoms with Crippen LogP contribution < -0.4 is 5.32 Å². The van der Waals surface area contributed by atoms with Crippen LogP contribution in [0.2, 0.25) is 0 Å². The predicted octanol–water partition coefficient (Wildman–Crippen LogP) is 3.43. The molecule has 0 saturated heterocycles. The molecule has 24 heavy (non-hydrogen) atoms. The highest BCUT2D eigenvalue weighted by Crippen LogP contribution is 2.30. The van der Waals surface area contributed by atoms with Crippen molar-refractivity contribution in [1.82, 2.24) is 15.3 Å². The molecule has 5 nitrogen and oxygen atoms in total. The predicted molar refractivity (Wildman–Crippen MR) is 97.1 cm³/mol. The van der Waals surface area contributed by atoms with Gasteiger partial charge in [0.1, 0.15) is 9.88 Å². The largest absolute Gasteiger partial charge is 0.396 e. The van der Waals surface area contributed by atoms with Crippen molar-refractivity contribution in [1.29, 1.82) is 0 Å². The van der Waals surface area contributed by atoms with Crippen molar-refractivity contribution in [2.45, 2.75) is 40.0 Å². The molecule has 2 aromatic heterocycles. The second-order valence-corrected chi connectivity index (χ2v) is 7.01. The van der Waals surface area contributed by atoms with E-state index < -0.39 is 0 Å². The highest BCUT2D eigenvalue weighted by Gasteiger charge is 2.27. The number of pyridine rings is 1. The number of carbonyl (C=O) groups is 1. The second-order valence-electron chi connectivity index (χ2n) is 6.01. The first-order valence-corrected chi connectivity index (χ1v) is 9.14. The molecule has 0 aromatic carbocycles. The maximum Gasteiger partial charge on any atom is 0.263 e. The zero-order chi connectivity index (χ0) is 17.6. The summed E-state index contributed by atoms with van der Waals surface area (Å²) in [5.41, 5.74) is 1.45. The average molecular weight is 347 g/mol. The van der Waals surface area contributed by atoms with Gasteiger partial charge in [0.05, 0.1) is 11.4 Å². The van der Waals surface area contributed by atoms with E-state index in [-0.39, 0.29) is 17.9 Å². The van der Waals surface area contributed by atoms with E-state index in [0.717, 1.165) is 29.2 Å². The van der Waals surface area contributed by atoms with E-state index in [0.29, 0.717) is 17.8 Å². The summed E-state index contributed by atoms with van der Waals surface area (Å²) in [7, 11) is 0. The van der Waals surface area contributed by atoms with E-state index in [1.807, 2.05) is 25.1 Å². The van der Waals surface area contributed by atoms with E-state index in [1.165, 1.54) is 11.3 Å². The Labute approximate surface area is 147 Å². The molecule has 2 heterocycles. The molecule has 0 radical (unpaired) electrons. The van der Waals surface area contributed by atoms with Gasteiger partial charge in [-0.15, -0.1) is 11.3 Å². The summed E-state index contributed by atoms with van der Waals surface area (Å²) in [5, 5.41) is 13.1. The molecule has 6 heteroatoms. The highest BCUT2D eigenvalue weighted by atomic mass is 32.1. The highest BCUT2D eigenvalue weighted by molar-refractivity contribution is 7.17. The minimum absolute atomic E-state index is 0.0488. The number of carbonyl (C=O) groups excluding carboxylic acids is 1. The lowest BCUT2D eigenvalue weighted by atomic mass is 9.79. The monoisotopic (exact) mass is 347 g/mol. The number of thiazole rings is 1. The maximum absolute atomic E-state index is 12.6. The normalized spacial score (nSPS) is 11.5. The molecule has 2 N–H and O–H groups in total. The Balaban J connectivity index is 2.12. The molecule has 2 rings (SSSR count). The number of rotatable bonds is 8. The summed E-state index contributed by atoms with van der Waals surface area (Å²) in [6, 6.07) is 5.65. The number of hydrogen-bond acceptors (Lipinski definition) is 5.